The predicted octanol–water partition coefficient (Wildman–Crippen LogP) is 4.95. The van der Waals surface area contributed by atoms with Gasteiger partial charge in [0.1, 0.15) is 55.5 Å². The van der Waals surface area contributed by atoms with Gasteiger partial charge in [0.25, 0.3) is 5.91 Å². The SMILES string of the molecule is COCCNC(=O)CC[C@H](NC(=O)[C@H](CCC(=O)N[C@H](C(=O)N[C@@H](C)C(=O)Nc1ccc(COC(=O)C(C)C)cc1)C(C)C)NC(=O)[C@H](CCC(=O)N[C@H](C(=O)N[C@@H](C)C(=O)Nc1ccc(COC(=O)C(C)C)cc1)C(C)C)NC(=O)c1ccc(C(=O)C(CS(=O)(=O)c2ccc(C)cc2)CS(=O)(=O)c2ccc(C)cc2)cc1)C(=O)NCCOC. The standard InChI is InChI=1S/C84H113N11O22S2/c1-49(2)72(81(106)87-55(11)75(100)89-62-27-19-57(20-28-62)45-116-83(108)51(5)6)94-70(97)39-36-67(91-77(102)60-25-23-59(24-26-60)74(99)61(47-118(110,111)64-31-15-53(9)16-32-64)48-119(112,113)65-33-17-54(10)18-34-65)79(104)93-68(80(105)92-66(78(103)86-42-44-115-14)35-38-69(96)85-41-43-114-13)37-40-71(98)95-73(50(3)4)82(107)88-56(12)76(101)90-63-29-21-58(22-30-63)46-117-84(109)52(7)8/h15-34,49-52,55-56,61,66-68,72-73H,35-48H2,1-14H3,(H,85,96)(H,86,103)(H,87,106)(H,88,107)(H,89,100)(H,90,101)(H,91,102)(H,92,105)(H,93,104)(H,94,97)(H,95,98)/t55-,56-,66-,67-,68-,72-,73-/m0/s1. The summed E-state index contributed by atoms with van der Waals surface area (Å²) >= 11 is 0. The van der Waals surface area contributed by atoms with Crippen molar-refractivity contribution in [3.05, 3.63) is 155 Å². The highest BCUT2D eigenvalue weighted by Crippen LogP contribution is 2.25. The maximum atomic E-state index is 15.2. The first-order valence-corrected chi connectivity index (χ1v) is 42.4. The maximum absolute atomic E-state index is 15.2. The Hall–Kier alpha value is -11.3. The Labute approximate surface area is 694 Å². The van der Waals surface area contributed by atoms with E-state index >= 15 is 4.79 Å². The zero-order valence-corrected chi connectivity index (χ0v) is 71.3. The van der Waals surface area contributed by atoms with Crippen LogP contribution in [-0.2, 0) is 109 Å². The number of amides is 11. The summed E-state index contributed by atoms with van der Waals surface area (Å²) < 4.78 is 76.7. The Bertz CT molecular complexity index is 4490. The van der Waals surface area contributed by atoms with Crippen LogP contribution in [0.25, 0.3) is 0 Å². The molecule has 0 saturated heterocycles. The number of esters is 2. The van der Waals surface area contributed by atoms with Crippen molar-refractivity contribution in [1.82, 2.24) is 47.9 Å². The molecule has 0 spiro atoms. The zero-order chi connectivity index (χ0) is 88.4. The number of Topliss-reactive ketones (excluding diaryl/α,β-unsaturated/α-hetero) is 1. The van der Waals surface area contributed by atoms with Gasteiger partial charge in [0.2, 0.25) is 59.1 Å². The van der Waals surface area contributed by atoms with Crippen LogP contribution < -0.4 is 58.5 Å². The van der Waals surface area contributed by atoms with Crippen molar-refractivity contribution in [3.8, 4) is 0 Å². The molecule has 0 heterocycles. The van der Waals surface area contributed by atoms with Gasteiger partial charge < -0.3 is 77.4 Å². The largest absolute Gasteiger partial charge is 0.461 e. The van der Waals surface area contributed by atoms with E-state index in [0.29, 0.717) is 22.5 Å². The highest BCUT2D eigenvalue weighted by molar-refractivity contribution is 7.92. The molecule has 119 heavy (non-hydrogen) atoms. The molecule has 7 atom stereocenters. The van der Waals surface area contributed by atoms with Gasteiger partial charge in [-0.25, -0.2) is 16.8 Å². The van der Waals surface area contributed by atoms with Crippen LogP contribution >= 0.6 is 0 Å². The lowest BCUT2D eigenvalue weighted by atomic mass is 9.99. The van der Waals surface area contributed by atoms with Crippen molar-refractivity contribution in [2.75, 3.05) is 62.7 Å². The minimum Gasteiger partial charge on any atom is -0.461 e. The van der Waals surface area contributed by atoms with Crippen LogP contribution in [0.15, 0.2) is 131 Å². The Kier molecular flexibility index (Phi) is 39.6. The summed E-state index contributed by atoms with van der Waals surface area (Å²) in [5.41, 5.74) is 2.95. The molecule has 35 heteroatoms. The lowest BCUT2D eigenvalue weighted by molar-refractivity contribution is -0.149. The van der Waals surface area contributed by atoms with Gasteiger partial charge in [-0.15, -0.1) is 0 Å². The Balaban J connectivity index is 1.49. The summed E-state index contributed by atoms with van der Waals surface area (Å²) in [6.45, 7) is 19.7. The third-order valence-electron chi connectivity index (χ3n) is 18.7. The average molecular weight is 1690 g/mol. The first-order chi connectivity index (χ1) is 56.1. The maximum Gasteiger partial charge on any atom is 0.308 e. The van der Waals surface area contributed by atoms with E-state index in [1.807, 2.05) is 0 Å². The molecule has 0 saturated carbocycles. The van der Waals surface area contributed by atoms with Gasteiger partial charge in [0, 0.05) is 69.1 Å². The molecule has 11 N–H and O–H groups in total. The van der Waals surface area contributed by atoms with Crippen molar-refractivity contribution < 1.29 is 103 Å². The Morgan fingerprint density at radius 2 is 0.723 bits per heavy atom. The highest BCUT2D eigenvalue weighted by atomic mass is 32.2. The number of sulfone groups is 2. The molecule has 11 amide bonds. The fourth-order valence-corrected chi connectivity index (χ4v) is 14.7. The van der Waals surface area contributed by atoms with Crippen molar-refractivity contribution in [3.63, 3.8) is 0 Å². The van der Waals surface area contributed by atoms with Crippen molar-refractivity contribution in [2.24, 2.45) is 29.6 Å². The number of benzene rings is 5. The van der Waals surface area contributed by atoms with Crippen LogP contribution in [0.3, 0.4) is 0 Å². The van der Waals surface area contributed by atoms with E-state index in [1.54, 1.807) is 142 Å². The minimum atomic E-state index is -4.34. The number of carbonyl (C=O) groups is 14. The molecule has 0 bridgehead atoms. The Morgan fingerprint density at radius 3 is 1.09 bits per heavy atom. The molecule has 0 aliphatic rings. The van der Waals surface area contributed by atoms with Crippen LogP contribution in [-0.4, -0.2) is 194 Å². The first-order valence-electron chi connectivity index (χ1n) is 39.1. The predicted molar refractivity (Wildman–Crippen MR) is 441 cm³/mol. The smallest absolute Gasteiger partial charge is 0.308 e. The zero-order valence-electron chi connectivity index (χ0n) is 69.7. The topological polar surface area (TPSA) is 477 Å². The fraction of sp³-hybridized carbons (Fsp3) is 0.476. The molecule has 648 valence electrons. The fourth-order valence-electron chi connectivity index (χ4n) is 11.4. The average Bonchev–Trinajstić information content (AvgIpc) is 0.796. The van der Waals surface area contributed by atoms with Crippen molar-refractivity contribution in [2.45, 2.75) is 187 Å². The normalized spacial score (nSPS) is 13.2. The van der Waals surface area contributed by atoms with E-state index < -0.39 is 200 Å². The Morgan fingerprint density at radius 1 is 0.370 bits per heavy atom. The lowest BCUT2D eigenvalue weighted by Crippen LogP contribution is -2.57. The van der Waals surface area contributed by atoms with Crippen LogP contribution in [0.5, 0.6) is 0 Å². The molecular formula is C84H113N11O22S2. The van der Waals surface area contributed by atoms with E-state index in [0.717, 1.165) is 35.4 Å². The third-order valence-corrected chi connectivity index (χ3v) is 22.4. The van der Waals surface area contributed by atoms with E-state index in [2.05, 4.69) is 58.5 Å². The van der Waals surface area contributed by atoms with Gasteiger partial charge >= 0.3 is 11.9 Å². The summed E-state index contributed by atoms with van der Waals surface area (Å²) in [5, 5.41) is 28.7. The summed E-state index contributed by atoms with van der Waals surface area (Å²) in [7, 11) is -5.89. The van der Waals surface area contributed by atoms with E-state index in [4.69, 9.17) is 18.9 Å². The number of ether oxygens (including phenoxy) is 4. The summed E-state index contributed by atoms with van der Waals surface area (Å²) in [5.74, 6) is -16.6. The van der Waals surface area contributed by atoms with E-state index in [1.165, 1.54) is 52.3 Å². The molecule has 0 fully saturated rings. The molecule has 5 aromatic rings. The van der Waals surface area contributed by atoms with Gasteiger partial charge in [-0.3, -0.25) is 67.1 Å². The summed E-state index contributed by atoms with van der Waals surface area (Å²) in [6.07, 6.45) is -3.23. The molecule has 5 aromatic carbocycles. The number of hydrogen-bond acceptors (Lipinski definition) is 22. The van der Waals surface area contributed by atoms with Crippen LogP contribution in [0.4, 0.5) is 11.4 Å². The highest BCUT2D eigenvalue weighted by Gasteiger charge is 2.37. The number of nitrogens with one attached hydrogen (secondary N) is 11. The minimum absolute atomic E-state index is 0.00247. The number of methoxy groups -OCH3 is 2. The molecule has 5 rings (SSSR count). The van der Waals surface area contributed by atoms with Gasteiger partial charge in [0.15, 0.2) is 25.5 Å². The number of hydrogen-bond donors (Lipinski definition) is 11. The van der Waals surface area contributed by atoms with Gasteiger partial charge in [-0.05, 0) is 131 Å². The molecule has 0 aromatic heterocycles. The quantitative estimate of drug-likeness (QED) is 0.0139. The second-order valence-corrected chi connectivity index (χ2v) is 34.2. The van der Waals surface area contributed by atoms with Gasteiger partial charge in [0.05, 0.1) is 52.3 Å². The van der Waals surface area contributed by atoms with Crippen molar-refractivity contribution in [1.29, 1.82) is 0 Å². The monoisotopic (exact) mass is 1690 g/mol. The van der Waals surface area contributed by atoms with Crippen molar-refractivity contribution >= 4 is 114 Å². The summed E-state index contributed by atoms with van der Waals surface area (Å²) in [4.78, 5) is 193. The van der Waals surface area contributed by atoms with E-state index in [9.17, 15) is 79.2 Å². The van der Waals surface area contributed by atoms with Gasteiger partial charge in [-0.2, -0.15) is 0 Å². The van der Waals surface area contributed by atoms with Crippen LogP contribution in [0.2, 0.25) is 0 Å². The summed E-state index contributed by atoms with van der Waals surface area (Å²) in [6, 6.07) is 18.6. The molecule has 0 unspecified atom stereocenters. The number of carbonyl (C=O) groups excluding carboxylic acids is 14. The first kappa shape index (κ1) is 98.3. The second-order valence-electron chi connectivity index (χ2n) is 30.2. The number of ketones is 1. The third kappa shape index (κ3) is 33.2. The molecule has 0 aliphatic carbocycles. The second kappa shape index (κ2) is 47.9. The lowest BCUT2D eigenvalue weighted by Gasteiger charge is -2.27. The molecule has 0 aliphatic heterocycles. The van der Waals surface area contributed by atoms with E-state index in [-0.39, 0.29) is 85.1 Å². The molecular weight excluding hydrogens is 1580 g/mol. The van der Waals surface area contributed by atoms with Crippen LogP contribution in [0, 0.1) is 43.4 Å². The number of anilines is 2. The van der Waals surface area contributed by atoms with Gasteiger partial charge in [-0.1, -0.05) is 127 Å². The molecule has 0 radical (unpaired) electrons. The number of aryl methyl sites for hydroxylation is 2. The number of rotatable bonds is 48. The molecule has 33 nitrogen and oxygen atoms in total. The van der Waals surface area contributed by atoms with Crippen LogP contribution in [0.1, 0.15) is 151 Å².